The van der Waals surface area contributed by atoms with E-state index in [1.807, 2.05) is 13.8 Å². The number of fused-ring (bicyclic) bond motifs is 1. The molecular weight excluding hydrogens is 376 g/mol. The number of ether oxygens (including phenoxy) is 2. The van der Waals surface area contributed by atoms with Gasteiger partial charge in [0.15, 0.2) is 0 Å². The summed E-state index contributed by atoms with van der Waals surface area (Å²) in [6, 6.07) is 0.384. The summed E-state index contributed by atoms with van der Waals surface area (Å²) in [5.74, 6) is 1.94. The van der Waals surface area contributed by atoms with Crippen LogP contribution in [0.4, 0.5) is 5.82 Å². The van der Waals surface area contributed by atoms with E-state index in [1.54, 1.807) is 0 Å². The summed E-state index contributed by atoms with van der Waals surface area (Å²) in [7, 11) is 1.41. The molecule has 2 aromatic heterocycles. The van der Waals surface area contributed by atoms with Crippen LogP contribution in [-0.2, 0) is 9.47 Å². The van der Waals surface area contributed by atoms with Crippen LogP contribution in [0.1, 0.15) is 40.3 Å². The molecule has 2 aliphatic rings. The third-order valence-electron chi connectivity index (χ3n) is 5.74. The second-order valence-electron chi connectivity index (χ2n) is 7.80. The Kier molecular flexibility index (Phi) is 5.80. The molecule has 2 saturated heterocycles. The summed E-state index contributed by atoms with van der Waals surface area (Å²) in [5, 5.41) is 4.59. The summed E-state index contributed by atoms with van der Waals surface area (Å²) in [4.78, 5) is 25.3. The first-order valence-corrected chi connectivity index (χ1v) is 10.8. The van der Waals surface area contributed by atoms with Crippen molar-refractivity contribution in [2.75, 3.05) is 45.3 Å². The highest BCUT2D eigenvalue weighted by Crippen LogP contribution is 2.35. The van der Waals surface area contributed by atoms with Gasteiger partial charge in [0, 0.05) is 32.3 Å². The molecular formula is C20H28N4O3S. The minimum atomic E-state index is -0.312. The van der Waals surface area contributed by atoms with Crippen LogP contribution in [0.15, 0.2) is 0 Å². The van der Waals surface area contributed by atoms with Gasteiger partial charge in [-0.3, -0.25) is 0 Å². The molecule has 1 N–H and O–H groups in total. The second-order valence-corrected chi connectivity index (χ2v) is 8.80. The first-order chi connectivity index (χ1) is 13.5. The predicted molar refractivity (Wildman–Crippen MR) is 110 cm³/mol. The fourth-order valence-electron chi connectivity index (χ4n) is 4.18. The Morgan fingerprint density at radius 1 is 1.29 bits per heavy atom. The largest absolute Gasteiger partial charge is 0.465 e. The van der Waals surface area contributed by atoms with Crippen LogP contribution in [0.2, 0.25) is 0 Å². The van der Waals surface area contributed by atoms with Crippen molar-refractivity contribution in [2.24, 2.45) is 5.92 Å². The van der Waals surface area contributed by atoms with Gasteiger partial charge in [0.25, 0.3) is 0 Å². The van der Waals surface area contributed by atoms with Gasteiger partial charge in [-0.1, -0.05) is 0 Å². The van der Waals surface area contributed by atoms with Gasteiger partial charge in [0.2, 0.25) is 0 Å². The number of thiophene rings is 1. The number of carbonyl (C=O) groups excluding carboxylic acids is 1. The van der Waals surface area contributed by atoms with Crippen LogP contribution in [-0.4, -0.2) is 66.8 Å². The average molecular weight is 405 g/mol. The number of piperidine rings is 1. The van der Waals surface area contributed by atoms with Crippen LogP contribution in [0.25, 0.3) is 10.2 Å². The molecule has 4 heterocycles. The number of esters is 1. The number of aromatic nitrogens is 2. The quantitative estimate of drug-likeness (QED) is 0.768. The van der Waals surface area contributed by atoms with Crippen LogP contribution in [0, 0.1) is 19.8 Å². The van der Waals surface area contributed by atoms with E-state index in [9.17, 15) is 4.79 Å². The van der Waals surface area contributed by atoms with Gasteiger partial charge in [-0.2, -0.15) is 0 Å². The number of hydrogen-bond donors (Lipinski definition) is 1. The summed E-state index contributed by atoms with van der Waals surface area (Å²) in [6.45, 7) is 9.01. The Morgan fingerprint density at radius 3 is 2.75 bits per heavy atom. The number of rotatable bonds is 5. The maximum Gasteiger partial charge on any atom is 0.348 e. The lowest BCUT2D eigenvalue weighted by Gasteiger charge is -2.34. The molecule has 2 aromatic rings. The van der Waals surface area contributed by atoms with E-state index in [-0.39, 0.29) is 5.97 Å². The number of anilines is 1. The zero-order chi connectivity index (χ0) is 19.7. The molecule has 28 heavy (non-hydrogen) atoms. The van der Waals surface area contributed by atoms with E-state index < -0.39 is 0 Å². The van der Waals surface area contributed by atoms with Gasteiger partial charge in [0.1, 0.15) is 21.3 Å². The lowest BCUT2D eigenvalue weighted by atomic mass is 10.0. The van der Waals surface area contributed by atoms with Crippen molar-refractivity contribution in [2.45, 2.75) is 39.2 Å². The number of aryl methyl sites for hydroxylation is 2. The van der Waals surface area contributed by atoms with E-state index >= 15 is 0 Å². The molecule has 0 spiro atoms. The van der Waals surface area contributed by atoms with E-state index in [2.05, 4.69) is 20.2 Å². The summed E-state index contributed by atoms with van der Waals surface area (Å²) in [5.41, 5.74) is 0.896. The maximum atomic E-state index is 12.1. The molecule has 8 heteroatoms. The van der Waals surface area contributed by atoms with E-state index in [1.165, 1.54) is 24.9 Å². The number of nitrogens with one attached hydrogen (secondary N) is 1. The minimum Gasteiger partial charge on any atom is -0.465 e. The maximum absolute atomic E-state index is 12.1. The van der Waals surface area contributed by atoms with Gasteiger partial charge in [-0.25, -0.2) is 14.8 Å². The highest BCUT2D eigenvalue weighted by molar-refractivity contribution is 7.20. The Balaban J connectivity index is 1.47. The van der Waals surface area contributed by atoms with Crippen LogP contribution in [0.5, 0.6) is 0 Å². The molecule has 1 unspecified atom stereocenters. The second kappa shape index (κ2) is 8.31. The van der Waals surface area contributed by atoms with Gasteiger partial charge in [0.05, 0.1) is 19.1 Å². The normalized spacial score (nSPS) is 21.3. The molecule has 0 radical (unpaired) electrons. The smallest absolute Gasteiger partial charge is 0.348 e. The van der Waals surface area contributed by atoms with Crippen LogP contribution in [0.3, 0.4) is 0 Å². The molecule has 152 valence electrons. The van der Waals surface area contributed by atoms with Crippen molar-refractivity contribution < 1.29 is 14.3 Å². The lowest BCUT2D eigenvalue weighted by Crippen LogP contribution is -2.41. The van der Waals surface area contributed by atoms with Gasteiger partial charge < -0.3 is 19.7 Å². The molecule has 0 aromatic carbocycles. The zero-order valence-corrected chi connectivity index (χ0v) is 17.6. The Morgan fingerprint density at radius 2 is 2.07 bits per heavy atom. The van der Waals surface area contributed by atoms with Crippen LogP contribution < -0.4 is 5.32 Å². The summed E-state index contributed by atoms with van der Waals surface area (Å²) < 4.78 is 10.4. The zero-order valence-electron chi connectivity index (χ0n) is 16.8. The standard InChI is InChI=1S/C20H28N4O3S/c1-12-16-18(21-13(2)22-19(16)28-17(12)20(25)26-3)23-15-4-7-24(8-5-15)10-14-6-9-27-11-14/h14-15H,4-11H2,1-3H3,(H,21,22,23). The van der Waals surface area contributed by atoms with Crippen molar-refractivity contribution in [3.05, 3.63) is 16.3 Å². The van der Waals surface area contributed by atoms with E-state index in [0.717, 1.165) is 67.3 Å². The average Bonchev–Trinajstić information content (AvgIpc) is 3.30. The number of likely N-dealkylation sites (tertiary alicyclic amines) is 1. The molecule has 4 rings (SSSR count). The molecule has 7 nitrogen and oxygen atoms in total. The van der Waals surface area contributed by atoms with Crippen LogP contribution >= 0.6 is 11.3 Å². The lowest BCUT2D eigenvalue weighted by molar-refractivity contribution is 0.0605. The highest BCUT2D eigenvalue weighted by Gasteiger charge is 2.26. The van der Waals surface area contributed by atoms with Gasteiger partial charge in [-0.05, 0) is 44.6 Å². The van der Waals surface area contributed by atoms with Crippen molar-refractivity contribution in [3.8, 4) is 0 Å². The topological polar surface area (TPSA) is 76.6 Å². The molecule has 0 amide bonds. The number of hydrogen-bond acceptors (Lipinski definition) is 8. The number of nitrogens with zero attached hydrogens (tertiary/aromatic N) is 3. The van der Waals surface area contributed by atoms with Crippen molar-refractivity contribution in [1.29, 1.82) is 0 Å². The summed E-state index contributed by atoms with van der Waals surface area (Å²) >= 11 is 1.38. The van der Waals surface area contributed by atoms with E-state index in [0.29, 0.717) is 22.7 Å². The fourth-order valence-corrected chi connectivity index (χ4v) is 5.33. The third kappa shape index (κ3) is 3.99. The Hall–Kier alpha value is -1.77. The molecule has 2 aliphatic heterocycles. The van der Waals surface area contributed by atoms with Crippen molar-refractivity contribution in [1.82, 2.24) is 14.9 Å². The predicted octanol–water partition coefficient (Wildman–Crippen LogP) is 3.01. The fraction of sp³-hybridized carbons (Fsp3) is 0.650. The molecule has 0 bridgehead atoms. The third-order valence-corrected chi connectivity index (χ3v) is 6.91. The molecule has 0 saturated carbocycles. The Labute approximate surface area is 169 Å². The Bertz CT molecular complexity index is 855. The van der Waals surface area contributed by atoms with Crippen molar-refractivity contribution in [3.63, 3.8) is 0 Å². The number of carbonyl (C=O) groups is 1. The van der Waals surface area contributed by atoms with E-state index in [4.69, 9.17) is 9.47 Å². The monoisotopic (exact) mass is 404 g/mol. The minimum absolute atomic E-state index is 0.312. The molecule has 0 aliphatic carbocycles. The van der Waals surface area contributed by atoms with Crippen molar-refractivity contribution >= 4 is 33.3 Å². The first-order valence-electron chi connectivity index (χ1n) is 9.98. The first kappa shape index (κ1) is 19.5. The molecule has 1 atom stereocenters. The SMILES string of the molecule is COC(=O)c1sc2nc(C)nc(NC3CCN(CC4CCOC4)CC3)c2c1C. The van der Waals surface area contributed by atoms with Gasteiger partial charge in [-0.15, -0.1) is 11.3 Å². The highest BCUT2D eigenvalue weighted by atomic mass is 32.1. The molecule has 2 fully saturated rings. The number of methoxy groups -OCH3 is 1. The van der Waals surface area contributed by atoms with Gasteiger partial charge >= 0.3 is 5.97 Å². The summed E-state index contributed by atoms with van der Waals surface area (Å²) in [6.07, 6.45) is 3.37.